The molecule has 0 saturated heterocycles. The second-order valence-electron chi connectivity index (χ2n) is 7.97. The molecule has 1 fully saturated rings. The van der Waals surface area contributed by atoms with Gasteiger partial charge >= 0.3 is 0 Å². The highest BCUT2D eigenvalue weighted by Gasteiger charge is 2.37. The number of hydrogen-bond donors (Lipinski definition) is 1. The van der Waals surface area contributed by atoms with Crippen LogP contribution < -0.4 is 10.3 Å². The van der Waals surface area contributed by atoms with Crippen molar-refractivity contribution in [1.29, 1.82) is 0 Å². The van der Waals surface area contributed by atoms with Crippen LogP contribution in [0.15, 0.2) is 21.7 Å². The summed E-state index contributed by atoms with van der Waals surface area (Å²) in [5, 5.41) is 14.0. The van der Waals surface area contributed by atoms with Gasteiger partial charge in [0, 0.05) is 17.0 Å². The van der Waals surface area contributed by atoms with E-state index in [0.29, 0.717) is 5.55 Å². The first-order valence-corrected chi connectivity index (χ1v) is 9.77. The molecule has 25 heavy (non-hydrogen) atoms. The second kappa shape index (κ2) is 5.79. The number of hydrogen-bond acceptors (Lipinski definition) is 4. The second-order valence-corrected chi connectivity index (χ2v) is 7.97. The zero-order valence-electron chi connectivity index (χ0n) is 14.6. The van der Waals surface area contributed by atoms with Crippen LogP contribution >= 0.6 is 0 Å². The third-order valence-corrected chi connectivity index (χ3v) is 6.45. The van der Waals surface area contributed by atoms with Crippen molar-refractivity contribution in [1.82, 2.24) is 0 Å². The molecular formula is C21H25NO3. The molecule has 1 spiro atoms. The standard InChI is InChI=1S/C21H25NO3/c23-22-20-16-7-3-2-6-15(16)17-12-14-8-11-21(9-4-1-5-10-21)25-18(14)13-19(17)24-20/h12-13,23H,1-11H2/b22-20+. The van der Waals surface area contributed by atoms with Crippen molar-refractivity contribution in [3.05, 3.63) is 34.4 Å². The van der Waals surface area contributed by atoms with Crippen molar-refractivity contribution in [3.8, 4) is 5.75 Å². The Hall–Kier alpha value is -1.97. The Bertz CT molecular complexity index is 890. The molecule has 1 N–H and O–H groups in total. The van der Waals surface area contributed by atoms with Gasteiger partial charge in [-0.15, -0.1) is 0 Å². The number of rotatable bonds is 0. The first-order chi connectivity index (χ1) is 12.3. The molecule has 1 aliphatic heterocycles. The van der Waals surface area contributed by atoms with Gasteiger partial charge in [0.05, 0.1) is 0 Å². The minimum absolute atomic E-state index is 0.0390. The summed E-state index contributed by atoms with van der Waals surface area (Å²) < 4.78 is 12.5. The predicted molar refractivity (Wildman–Crippen MR) is 95.0 cm³/mol. The molecule has 0 radical (unpaired) electrons. The minimum Gasteiger partial charge on any atom is -0.487 e. The molecular weight excluding hydrogens is 314 g/mol. The van der Waals surface area contributed by atoms with Crippen molar-refractivity contribution in [3.63, 3.8) is 0 Å². The van der Waals surface area contributed by atoms with Gasteiger partial charge in [-0.25, -0.2) is 0 Å². The van der Waals surface area contributed by atoms with Crippen LogP contribution in [-0.2, 0) is 19.3 Å². The van der Waals surface area contributed by atoms with Crippen LogP contribution in [-0.4, -0.2) is 10.8 Å². The van der Waals surface area contributed by atoms with E-state index >= 15 is 0 Å². The smallest absolute Gasteiger partial charge is 0.259 e. The summed E-state index contributed by atoms with van der Waals surface area (Å²) in [6.07, 6.45) is 12.7. The molecule has 4 nitrogen and oxygen atoms in total. The molecule has 132 valence electrons. The van der Waals surface area contributed by atoms with Gasteiger partial charge < -0.3 is 14.4 Å². The first-order valence-electron chi connectivity index (χ1n) is 9.77. The van der Waals surface area contributed by atoms with Gasteiger partial charge in [0.2, 0.25) is 0 Å². The Morgan fingerprint density at radius 3 is 2.48 bits per heavy atom. The van der Waals surface area contributed by atoms with E-state index in [4.69, 9.17) is 9.15 Å². The van der Waals surface area contributed by atoms with E-state index in [2.05, 4.69) is 11.2 Å². The first kappa shape index (κ1) is 15.3. The molecule has 4 heteroatoms. The van der Waals surface area contributed by atoms with E-state index in [1.165, 1.54) is 55.0 Å². The van der Waals surface area contributed by atoms with E-state index < -0.39 is 0 Å². The lowest BCUT2D eigenvalue weighted by molar-refractivity contribution is 0.0109. The molecule has 2 heterocycles. The van der Waals surface area contributed by atoms with Crippen LogP contribution in [0.1, 0.15) is 68.1 Å². The number of aryl methyl sites for hydroxylation is 2. The summed E-state index contributed by atoms with van der Waals surface area (Å²) in [5.74, 6) is 0.976. The normalized spacial score (nSPS) is 22.5. The van der Waals surface area contributed by atoms with Gasteiger partial charge in [-0.3, -0.25) is 0 Å². The van der Waals surface area contributed by atoms with Crippen LogP contribution in [0, 0.1) is 0 Å². The maximum absolute atomic E-state index is 9.39. The number of nitrogens with zero attached hydrogens (tertiary/aromatic N) is 1. The SMILES string of the molecule is O/N=c1/oc2cc3c(cc2c2c1CCCC2)CCC1(CCCCC1)O3. The number of benzene rings is 1. The molecule has 0 atom stereocenters. The Kier molecular flexibility index (Phi) is 3.54. The maximum Gasteiger partial charge on any atom is 0.259 e. The van der Waals surface area contributed by atoms with E-state index in [1.807, 2.05) is 6.07 Å². The highest BCUT2D eigenvalue weighted by atomic mass is 16.5. The van der Waals surface area contributed by atoms with Gasteiger partial charge in [-0.05, 0) is 86.6 Å². The zero-order chi connectivity index (χ0) is 16.9. The van der Waals surface area contributed by atoms with E-state index in [-0.39, 0.29) is 5.60 Å². The number of fused-ring (bicyclic) bond motifs is 4. The van der Waals surface area contributed by atoms with Gasteiger partial charge in [0.25, 0.3) is 5.55 Å². The Balaban J connectivity index is 1.65. The van der Waals surface area contributed by atoms with Gasteiger partial charge in [0.1, 0.15) is 16.9 Å². The molecule has 3 aliphatic rings. The summed E-state index contributed by atoms with van der Waals surface area (Å²) in [5.41, 5.74) is 4.91. The zero-order valence-corrected chi connectivity index (χ0v) is 14.6. The molecule has 0 amide bonds. The third-order valence-electron chi connectivity index (χ3n) is 6.45. The summed E-state index contributed by atoms with van der Waals surface area (Å²) in [6, 6.07) is 4.32. The third kappa shape index (κ3) is 2.45. The van der Waals surface area contributed by atoms with Crippen LogP contribution in [0.5, 0.6) is 5.75 Å². The lowest BCUT2D eigenvalue weighted by Gasteiger charge is -2.41. The van der Waals surface area contributed by atoms with Crippen molar-refractivity contribution in [2.24, 2.45) is 5.16 Å². The topological polar surface area (TPSA) is 55.0 Å². The summed E-state index contributed by atoms with van der Waals surface area (Å²) in [7, 11) is 0. The Morgan fingerprint density at radius 2 is 1.68 bits per heavy atom. The van der Waals surface area contributed by atoms with Crippen molar-refractivity contribution < 1.29 is 14.4 Å². The molecule has 2 aromatic rings. The largest absolute Gasteiger partial charge is 0.487 e. The molecule has 0 bridgehead atoms. The Labute approximate surface area is 147 Å². The van der Waals surface area contributed by atoms with Crippen molar-refractivity contribution in [2.75, 3.05) is 0 Å². The monoisotopic (exact) mass is 339 g/mol. The van der Waals surface area contributed by atoms with Crippen molar-refractivity contribution >= 4 is 11.0 Å². The average molecular weight is 339 g/mol. The van der Waals surface area contributed by atoms with Crippen LogP contribution in [0.3, 0.4) is 0 Å². The van der Waals surface area contributed by atoms with E-state index in [1.54, 1.807) is 0 Å². The maximum atomic E-state index is 9.39. The predicted octanol–water partition coefficient (Wildman–Crippen LogP) is 4.63. The van der Waals surface area contributed by atoms with Crippen LogP contribution in [0.2, 0.25) is 0 Å². The summed E-state index contributed by atoms with van der Waals surface area (Å²) in [4.78, 5) is 0. The molecule has 1 aromatic heterocycles. The lowest BCUT2D eigenvalue weighted by atomic mass is 9.78. The minimum atomic E-state index is 0.0390. The van der Waals surface area contributed by atoms with Crippen LogP contribution in [0.25, 0.3) is 11.0 Å². The van der Waals surface area contributed by atoms with Crippen molar-refractivity contribution in [2.45, 2.75) is 76.2 Å². The van der Waals surface area contributed by atoms with Gasteiger partial charge in [-0.1, -0.05) is 6.42 Å². The number of ether oxygens (including phenoxy) is 1. The highest BCUT2D eigenvalue weighted by molar-refractivity contribution is 5.84. The summed E-state index contributed by atoms with van der Waals surface area (Å²) in [6.45, 7) is 0. The molecule has 5 rings (SSSR count). The fraction of sp³-hybridized carbons (Fsp3) is 0.571. The molecule has 1 aromatic carbocycles. The fourth-order valence-electron chi connectivity index (χ4n) is 5.10. The molecule has 2 aliphatic carbocycles. The highest BCUT2D eigenvalue weighted by Crippen LogP contribution is 2.43. The van der Waals surface area contributed by atoms with Gasteiger partial charge in [0.15, 0.2) is 0 Å². The van der Waals surface area contributed by atoms with E-state index in [9.17, 15) is 5.21 Å². The fourth-order valence-corrected chi connectivity index (χ4v) is 5.10. The lowest BCUT2D eigenvalue weighted by Crippen LogP contribution is -2.41. The molecule has 0 unspecified atom stereocenters. The van der Waals surface area contributed by atoms with Crippen LogP contribution in [0.4, 0.5) is 0 Å². The van der Waals surface area contributed by atoms with E-state index in [0.717, 1.165) is 49.0 Å². The molecule has 1 saturated carbocycles. The quantitative estimate of drug-likeness (QED) is 0.562. The van der Waals surface area contributed by atoms with Gasteiger partial charge in [-0.2, -0.15) is 0 Å². The average Bonchev–Trinajstić information content (AvgIpc) is 2.66. The summed E-state index contributed by atoms with van der Waals surface area (Å²) >= 11 is 0. The Morgan fingerprint density at radius 1 is 0.880 bits per heavy atom.